The molecule has 1 fully saturated rings. The number of carbonyl (C=O) groups is 1. The SMILES string of the molecule is O=C(CN1CCC(CO)C1)Nc1ccc(Cl)cc1Cl. The van der Waals surface area contributed by atoms with E-state index in [1.54, 1.807) is 18.2 Å². The van der Waals surface area contributed by atoms with Gasteiger partial charge in [-0.2, -0.15) is 0 Å². The summed E-state index contributed by atoms with van der Waals surface area (Å²) in [4.78, 5) is 13.9. The summed E-state index contributed by atoms with van der Waals surface area (Å²) in [6.07, 6.45) is 0.936. The van der Waals surface area contributed by atoms with Crippen LogP contribution < -0.4 is 5.32 Å². The Morgan fingerprint density at radius 2 is 2.26 bits per heavy atom. The van der Waals surface area contributed by atoms with Gasteiger partial charge in [0.2, 0.25) is 5.91 Å². The van der Waals surface area contributed by atoms with Crippen molar-refractivity contribution in [2.45, 2.75) is 6.42 Å². The first-order chi connectivity index (χ1) is 9.08. The van der Waals surface area contributed by atoms with Gasteiger partial charge in [0.25, 0.3) is 0 Å². The lowest BCUT2D eigenvalue weighted by Crippen LogP contribution is -2.31. The van der Waals surface area contributed by atoms with Crippen molar-refractivity contribution in [3.8, 4) is 0 Å². The maximum atomic E-state index is 11.9. The molecule has 0 bridgehead atoms. The molecule has 1 atom stereocenters. The van der Waals surface area contributed by atoms with Gasteiger partial charge in [-0.25, -0.2) is 0 Å². The van der Waals surface area contributed by atoms with E-state index in [1.165, 1.54) is 0 Å². The molecule has 1 amide bonds. The van der Waals surface area contributed by atoms with Crippen molar-refractivity contribution in [3.05, 3.63) is 28.2 Å². The molecule has 1 unspecified atom stereocenters. The van der Waals surface area contributed by atoms with Gasteiger partial charge in [0.1, 0.15) is 0 Å². The van der Waals surface area contributed by atoms with Crippen LogP contribution in [-0.2, 0) is 4.79 Å². The van der Waals surface area contributed by atoms with E-state index in [0.717, 1.165) is 19.5 Å². The highest BCUT2D eigenvalue weighted by Gasteiger charge is 2.23. The van der Waals surface area contributed by atoms with Gasteiger partial charge in [0, 0.05) is 18.2 Å². The normalized spacial score (nSPS) is 19.6. The van der Waals surface area contributed by atoms with Crippen molar-refractivity contribution in [1.29, 1.82) is 0 Å². The standard InChI is InChI=1S/C13H16Cl2N2O2/c14-10-1-2-12(11(15)5-10)16-13(19)7-17-4-3-9(6-17)8-18/h1-2,5,9,18H,3-4,6-8H2,(H,16,19). The molecule has 0 aromatic heterocycles. The molecule has 2 rings (SSSR count). The molecular formula is C13H16Cl2N2O2. The van der Waals surface area contributed by atoms with Crippen LogP contribution in [0.4, 0.5) is 5.69 Å². The van der Waals surface area contributed by atoms with Crippen molar-refractivity contribution < 1.29 is 9.90 Å². The van der Waals surface area contributed by atoms with E-state index in [4.69, 9.17) is 28.3 Å². The molecule has 1 aromatic carbocycles. The predicted octanol–water partition coefficient (Wildman–Crippen LogP) is 2.25. The van der Waals surface area contributed by atoms with Crippen LogP contribution >= 0.6 is 23.2 Å². The summed E-state index contributed by atoms with van der Waals surface area (Å²) in [7, 11) is 0. The Bertz CT molecular complexity index is 468. The van der Waals surface area contributed by atoms with Crippen LogP contribution in [0.15, 0.2) is 18.2 Å². The van der Waals surface area contributed by atoms with E-state index < -0.39 is 0 Å². The summed E-state index contributed by atoms with van der Waals surface area (Å²) >= 11 is 11.8. The van der Waals surface area contributed by atoms with Gasteiger partial charge in [0.05, 0.1) is 17.3 Å². The second-order valence-electron chi connectivity index (χ2n) is 4.74. The minimum atomic E-state index is -0.109. The van der Waals surface area contributed by atoms with E-state index in [2.05, 4.69) is 5.32 Å². The third-order valence-electron chi connectivity index (χ3n) is 3.20. The smallest absolute Gasteiger partial charge is 0.238 e. The van der Waals surface area contributed by atoms with Crippen LogP contribution in [0.2, 0.25) is 10.0 Å². The average molecular weight is 303 g/mol. The van der Waals surface area contributed by atoms with Crippen LogP contribution in [0.25, 0.3) is 0 Å². The van der Waals surface area contributed by atoms with Gasteiger partial charge in [-0.05, 0) is 37.1 Å². The second kappa shape index (κ2) is 6.57. The quantitative estimate of drug-likeness (QED) is 0.897. The first-order valence-corrected chi connectivity index (χ1v) is 6.92. The summed E-state index contributed by atoms with van der Waals surface area (Å²) < 4.78 is 0. The molecule has 19 heavy (non-hydrogen) atoms. The van der Waals surface area contributed by atoms with Crippen LogP contribution in [0.3, 0.4) is 0 Å². The minimum absolute atomic E-state index is 0.109. The molecule has 1 aliphatic heterocycles. The molecule has 1 saturated heterocycles. The largest absolute Gasteiger partial charge is 0.396 e. The Morgan fingerprint density at radius 3 is 2.89 bits per heavy atom. The molecule has 0 radical (unpaired) electrons. The van der Waals surface area contributed by atoms with E-state index in [1.807, 2.05) is 4.90 Å². The lowest BCUT2D eigenvalue weighted by molar-refractivity contribution is -0.117. The number of rotatable bonds is 4. The third kappa shape index (κ3) is 4.08. The monoisotopic (exact) mass is 302 g/mol. The molecule has 1 aliphatic rings. The van der Waals surface area contributed by atoms with Gasteiger partial charge < -0.3 is 10.4 Å². The lowest BCUT2D eigenvalue weighted by atomic mass is 10.1. The number of likely N-dealkylation sites (tertiary alicyclic amines) is 1. The predicted molar refractivity (Wildman–Crippen MR) is 76.7 cm³/mol. The molecule has 0 aliphatic carbocycles. The minimum Gasteiger partial charge on any atom is -0.396 e. The first-order valence-electron chi connectivity index (χ1n) is 6.16. The average Bonchev–Trinajstić information content (AvgIpc) is 2.80. The van der Waals surface area contributed by atoms with Gasteiger partial charge >= 0.3 is 0 Å². The number of carbonyl (C=O) groups excluding carboxylic acids is 1. The zero-order valence-electron chi connectivity index (χ0n) is 10.4. The van der Waals surface area contributed by atoms with Crippen molar-refractivity contribution in [1.82, 2.24) is 4.90 Å². The summed E-state index contributed by atoms with van der Waals surface area (Å²) in [5, 5.41) is 12.8. The molecule has 6 heteroatoms. The fourth-order valence-corrected chi connectivity index (χ4v) is 2.64. The summed E-state index contributed by atoms with van der Waals surface area (Å²) in [5.74, 6) is 0.176. The highest BCUT2D eigenvalue weighted by Crippen LogP contribution is 2.25. The number of anilines is 1. The third-order valence-corrected chi connectivity index (χ3v) is 3.75. The highest BCUT2D eigenvalue weighted by molar-refractivity contribution is 6.36. The van der Waals surface area contributed by atoms with Crippen molar-refractivity contribution >= 4 is 34.8 Å². The first kappa shape index (κ1) is 14.6. The number of aliphatic hydroxyl groups is 1. The Hall–Kier alpha value is -0.810. The van der Waals surface area contributed by atoms with Crippen molar-refractivity contribution in [2.75, 3.05) is 31.6 Å². The van der Waals surface area contributed by atoms with Crippen molar-refractivity contribution in [3.63, 3.8) is 0 Å². The summed E-state index contributed by atoms with van der Waals surface area (Å²) in [6, 6.07) is 4.96. The van der Waals surface area contributed by atoms with Gasteiger partial charge in [0.15, 0.2) is 0 Å². The number of hydrogen-bond acceptors (Lipinski definition) is 3. The zero-order chi connectivity index (χ0) is 13.8. The van der Waals surface area contributed by atoms with Crippen molar-refractivity contribution in [2.24, 2.45) is 5.92 Å². The summed E-state index contributed by atoms with van der Waals surface area (Å²) in [5.41, 5.74) is 0.564. The Labute approximate surface area is 122 Å². The van der Waals surface area contributed by atoms with Crippen LogP contribution in [0.5, 0.6) is 0 Å². The van der Waals surface area contributed by atoms with E-state index in [-0.39, 0.29) is 18.4 Å². The maximum Gasteiger partial charge on any atom is 0.238 e. The van der Waals surface area contributed by atoms with E-state index >= 15 is 0 Å². The number of aliphatic hydroxyl groups excluding tert-OH is 1. The van der Waals surface area contributed by atoms with Crippen LogP contribution in [0.1, 0.15) is 6.42 Å². The number of amides is 1. The fourth-order valence-electron chi connectivity index (χ4n) is 2.19. The number of nitrogens with one attached hydrogen (secondary N) is 1. The molecule has 104 valence electrons. The highest BCUT2D eigenvalue weighted by atomic mass is 35.5. The fraction of sp³-hybridized carbons (Fsp3) is 0.462. The topological polar surface area (TPSA) is 52.6 Å². The molecule has 1 heterocycles. The van der Waals surface area contributed by atoms with Crippen LogP contribution in [0, 0.1) is 5.92 Å². The number of benzene rings is 1. The zero-order valence-corrected chi connectivity index (χ0v) is 11.9. The Morgan fingerprint density at radius 1 is 1.47 bits per heavy atom. The Kier molecular flexibility index (Phi) is 5.05. The molecule has 0 spiro atoms. The Balaban J connectivity index is 1.87. The second-order valence-corrected chi connectivity index (χ2v) is 5.59. The van der Waals surface area contributed by atoms with E-state index in [0.29, 0.717) is 22.3 Å². The molecule has 2 N–H and O–H groups in total. The van der Waals surface area contributed by atoms with Crippen LogP contribution in [-0.4, -0.2) is 42.2 Å². The maximum absolute atomic E-state index is 11.9. The van der Waals surface area contributed by atoms with Gasteiger partial charge in [-0.15, -0.1) is 0 Å². The molecule has 4 nitrogen and oxygen atoms in total. The molecule has 1 aromatic rings. The van der Waals surface area contributed by atoms with E-state index in [9.17, 15) is 4.79 Å². The van der Waals surface area contributed by atoms with Gasteiger partial charge in [-0.3, -0.25) is 9.69 Å². The van der Waals surface area contributed by atoms with Gasteiger partial charge in [-0.1, -0.05) is 23.2 Å². The number of halogens is 2. The lowest BCUT2D eigenvalue weighted by Gasteiger charge is -2.15. The molecular weight excluding hydrogens is 287 g/mol. The summed E-state index contributed by atoms with van der Waals surface area (Å²) in [6.45, 7) is 2.10. The number of hydrogen-bond donors (Lipinski definition) is 2. The number of nitrogens with zero attached hydrogens (tertiary/aromatic N) is 1. The molecule has 0 saturated carbocycles.